The number of benzene rings is 1. The van der Waals surface area contributed by atoms with Gasteiger partial charge in [-0.1, -0.05) is 0 Å². The quantitative estimate of drug-likeness (QED) is 0.531. The first-order valence-corrected chi connectivity index (χ1v) is 11.9. The number of rotatable bonds is 4. The first-order valence-electron chi connectivity index (χ1n) is 10.3. The average Bonchev–Trinajstić information content (AvgIpc) is 2.78. The molecule has 0 radical (unpaired) electrons. The van der Waals surface area contributed by atoms with Gasteiger partial charge in [0.1, 0.15) is 21.9 Å². The fraction of sp³-hybridized carbons (Fsp3) is 0.364. The highest BCUT2D eigenvalue weighted by Gasteiger charge is 2.49. The molecule has 0 bridgehead atoms. The van der Waals surface area contributed by atoms with Crippen LogP contribution in [0.1, 0.15) is 26.3 Å². The van der Waals surface area contributed by atoms with Gasteiger partial charge in [-0.05, 0) is 45.0 Å². The number of anilines is 2. The standard InChI is InChI=1S/C22H26FN7O2S/c1-21(2)20(24)30-22(3,12-33(21,31)25-4)14-10-13(6-7-15(14)23)28-19-18-16(8-9-26-19)29-17(32-5)11-27-18/h6-11H,12H2,1-5H3,(H2,24,30)(H,26,28)/t22-,33+/m0/s1. The van der Waals surface area contributed by atoms with E-state index in [4.69, 9.17) is 10.1 Å². The molecule has 0 spiro atoms. The number of hydrogen-bond acceptors (Lipinski definition) is 8. The number of aromatic nitrogens is 3. The molecule has 1 aliphatic rings. The molecule has 3 N–H and O–H groups in total. The summed E-state index contributed by atoms with van der Waals surface area (Å²) in [5.74, 6) is 0.476. The van der Waals surface area contributed by atoms with E-state index < -0.39 is 25.8 Å². The third-order valence-electron chi connectivity index (χ3n) is 6.05. The highest BCUT2D eigenvalue weighted by molar-refractivity contribution is 7.95. The summed E-state index contributed by atoms with van der Waals surface area (Å²) in [7, 11) is 0.174. The van der Waals surface area contributed by atoms with Crippen LogP contribution in [-0.2, 0) is 15.3 Å². The molecule has 9 nitrogen and oxygen atoms in total. The van der Waals surface area contributed by atoms with Crippen molar-refractivity contribution >= 4 is 38.1 Å². The maximum atomic E-state index is 15.0. The number of amidine groups is 1. The van der Waals surface area contributed by atoms with Crippen LogP contribution in [0.5, 0.6) is 5.88 Å². The second-order valence-electron chi connectivity index (χ2n) is 8.57. The molecule has 4 rings (SSSR count). The summed E-state index contributed by atoms with van der Waals surface area (Å²) in [5, 5.41) is 14.7. The van der Waals surface area contributed by atoms with Crippen LogP contribution in [-0.4, -0.2) is 49.7 Å². The number of fused-ring (bicyclic) bond motifs is 1. The Hall–Kier alpha value is -3.34. The van der Waals surface area contributed by atoms with Gasteiger partial charge in [-0.15, -0.1) is 0 Å². The normalized spacial score (nSPS) is 24.2. The van der Waals surface area contributed by atoms with Crippen LogP contribution in [0.25, 0.3) is 11.0 Å². The van der Waals surface area contributed by atoms with Gasteiger partial charge >= 0.3 is 0 Å². The largest absolute Gasteiger partial charge is 0.480 e. The Kier molecular flexibility index (Phi) is 5.47. The molecular formula is C22H26FN7O2S. The third kappa shape index (κ3) is 3.75. The zero-order valence-corrected chi connectivity index (χ0v) is 19.9. The van der Waals surface area contributed by atoms with E-state index in [1.54, 1.807) is 45.2 Å². The van der Waals surface area contributed by atoms with Gasteiger partial charge in [0, 0.05) is 24.5 Å². The lowest BCUT2D eigenvalue weighted by molar-refractivity contribution is 0.397. The molecule has 3 aromatic rings. The van der Waals surface area contributed by atoms with Crippen LogP contribution >= 0.6 is 0 Å². The van der Waals surface area contributed by atoms with Crippen molar-refractivity contribution in [2.45, 2.75) is 31.1 Å². The van der Waals surface area contributed by atoms with Crippen LogP contribution in [0.4, 0.5) is 15.9 Å². The molecule has 1 aromatic carbocycles. The SMILES string of the molecule is CN=[S@@]1(=O)C[C@@](C)(c2cc(Nc3nccc4nc(OC)cnc34)ccc2F)NC(=N)C1(C)C. The first-order chi connectivity index (χ1) is 15.5. The molecule has 1 fully saturated rings. The molecule has 0 aliphatic carbocycles. The Morgan fingerprint density at radius 1 is 1.27 bits per heavy atom. The topological polar surface area (TPSA) is 125 Å². The summed E-state index contributed by atoms with van der Waals surface area (Å²) in [4.78, 5) is 13.1. The van der Waals surface area contributed by atoms with Crippen molar-refractivity contribution in [2.24, 2.45) is 4.36 Å². The second-order valence-corrected chi connectivity index (χ2v) is 11.5. The summed E-state index contributed by atoms with van der Waals surface area (Å²) in [5.41, 5.74) is 0.864. The maximum Gasteiger partial charge on any atom is 0.232 e. The van der Waals surface area contributed by atoms with Gasteiger partial charge in [0.15, 0.2) is 5.82 Å². The predicted molar refractivity (Wildman–Crippen MR) is 127 cm³/mol. The van der Waals surface area contributed by atoms with E-state index in [1.807, 2.05) is 0 Å². The van der Waals surface area contributed by atoms with Crippen LogP contribution < -0.4 is 15.4 Å². The van der Waals surface area contributed by atoms with E-state index in [1.165, 1.54) is 26.4 Å². The van der Waals surface area contributed by atoms with Crippen LogP contribution in [0.2, 0.25) is 0 Å². The summed E-state index contributed by atoms with van der Waals surface area (Å²) < 4.78 is 36.9. The molecule has 1 saturated heterocycles. The van der Waals surface area contributed by atoms with Gasteiger partial charge in [-0.25, -0.2) is 27.9 Å². The fourth-order valence-electron chi connectivity index (χ4n) is 3.91. The van der Waals surface area contributed by atoms with Crippen LogP contribution in [0.3, 0.4) is 0 Å². The smallest absolute Gasteiger partial charge is 0.232 e. The summed E-state index contributed by atoms with van der Waals surface area (Å²) in [6.07, 6.45) is 3.09. The molecule has 33 heavy (non-hydrogen) atoms. The summed E-state index contributed by atoms with van der Waals surface area (Å²) in [6.45, 7) is 5.17. The van der Waals surface area contributed by atoms with E-state index in [0.29, 0.717) is 28.4 Å². The molecule has 11 heteroatoms. The van der Waals surface area contributed by atoms with Crippen molar-refractivity contribution in [1.29, 1.82) is 5.41 Å². The van der Waals surface area contributed by atoms with Crippen molar-refractivity contribution in [3.63, 3.8) is 0 Å². The van der Waals surface area contributed by atoms with Gasteiger partial charge in [-0.2, -0.15) is 0 Å². The van der Waals surface area contributed by atoms with Crippen LogP contribution in [0, 0.1) is 11.2 Å². The number of methoxy groups -OCH3 is 1. The summed E-state index contributed by atoms with van der Waals surface area (Å²) >= 11 is 0. The minimum atomic E-state index is -2.83. The molecule has 2 aromatic heterocycles. The van der Waals surface area contributed by atoms with Crippen molar-refractivity contribution in [3.8, 4) is 5.88 Å². The maximum absolute atomic E-state index is 15.0. The zero-order chi connectivity index (χ0) is 24.0. The monoisotopic (exact) mass is 471 g/mol. The van der Waals surface area contributed by atoms with E-state index in [-0.39, 0.29) is 17.2 Å². The van der Waals surface area contributed by atoms with Crippen LogP contribution in [0.15, 0.2) is 41.0 Å². The Balaban J connectivity index is 1.75. The van der Waals surface area contributed by atoms with Crippen molar-refractivity contribution in [2.75, 3.05) is 25.2 Å². The van der Waals surface area contributed by atoms with Gasteiger partial charge in [-0.3, -0.25) is 5.41 Å². The van der Waals surface area contributed by atoms with Crippen molar-refractivity contribution in [3.05, 3.63) is 48.0 Å². The molecule has 0 unspecified atom stereocenters. The average molecular weight is 472 g/mol. The number of ether oxygens (including phenoxy) is 1. The molecule has 2 atom stereocenters. The van der Waals surface area contributed by atoms with E-state index in [2.05, 4.69) is 29.9 Å². The fourth-order valence-corrected chi connectivity index (χ4v) is 6.24. The number of pyridine rings is 1. The minimum absolute atomic E-state index is 0.0596. The van der Waals surface area contributed by atoms with Crippen molar-refractivity contribution in [1.82, 2.24) is 20.3 Å². The lowest BCUT2D eigenvalue weighted by Crippen LogP contribution is -2.63. The Labute approximate surface area is 191 Å². The predicted octanol–water partition coefficient (Wildman–Crippen LogP) is 3.59. The second kappa shape index (κ2) is 7.91. The Morgan fingerprint density at radius 3 is 2.73 bits per heavy atom. The molecule has 0 saturated carbocycles. The molecule has 3 heterocycles. The van der Waals surface area contributed by atoms with Crippen molar-refractivity contribution < 1.29 is 13.3 Å². The van der Waals surface area contributed by atoms with Gasteiger partial charge < -0.3 is 15.4 Å². The molecule has 1 aliphatic heterocycles. The Morgan fingerprint density at radius 2 is 2.03 bits per heavy atom. The molecular weight excluding hydrogens is 445 g/mol. The number of halogens is 1. The lowest BCUT2D eigenvalue weighted by Gasteiger charge is -2.45. The number of nitrogens with zero attached hydrogens (tertiary/aromatic N) is 4. The minimum Gasteiger partial charge on any atom is -0.480 e. The third-order valence-corrected chi connectivity index (χ3v) is 9.41. The summed E-state index contributed by atoms with van der Waals surface area (Å²) in [6, 6.07) is 6.26. The highest BCUT2D eigenvalue weighted by atomic mass is 32.2. The zero-order valence-electron chi connectivity index (χ0n) is 19.1. The van der Waals surface area contributed by atoms with Gasteiger partial charge in [0.05, 0.1) is 39.8 Å². The molecule has 0 amide bonds. The van der Waals surface area contributed by atoms with Gasteiger partial charge in [0.2, 0.25) is 5.88 Å². The van der Waals surface area contributed by atoms with E-state index >= 15 is 4.39 Å². The Bertz CT molecular complexity index is 1380. The highest BCUT2D eigenvalue weighted by Crippen LogP contribution is 2.37. The number of nitrogens with one attached hydrogen (secondary N) is 3. The molecule has 174 valence electrons. The first kappa shape index (κ1) is 22.8. The van der Waals surface area contributed by atoms with E-state index in [9.17, 15) is 4.21 Å². The van der Waals surface area contributed by atoms with E-state index in [0.717, 1.165) is 0 Å². The van der Waals surface area contributed by atoms with Gasteiger partial charge in [0.25, 0.3) is 0 Å². The number of hydrogen-bond donors (Lipinski definition) is 3. The lowest BCUT2D eigenvalue weighted by atomic mass is 9.91.